The standard InChI is InChI=1S/C24H33N3O3/c1-24(2,3)16-25-13-6-14-30-18-11-9-17(10-12-18)27-23(29)19-15-26-20-7-4-5-8-21(28)22(19)20/h9-12,15,25-26H,4-8,13-14,16H2,1-3H3,(H,27,29). The zero-order valence-electron chi connectivity index (χ0n) is 18.3. The number of nitrogens with one attached hydrogen (secondary N) is 3. The van der Waals surface area contributed by atoms with Crippen LogP contribution in [0.1, 0.15) is 72.9 Å². The van der Waals surface area contributed by atoms with E-state index in [9.17, 15) is 9.59 Å². The number of aryl methyl sites for hydroxylation is 1. The molecule has 1 aliphatic rings. The molecule has 0 bridgehead atoms. The molecular formula is C24H33N3O3. The summed E-state index contributed by atoms with van der Waals surface area (Å²) in [6, 6.07) is 7.33. The van der Waals surface area contributed by atoms with Crippen molar-refractivity contribution in [1.29, 1.82) is 0 Å². The molecule has 6 heteroatoms. The SMILES string of the molecule is CC(C)(C)CNCCCOc1ccc(NC(=O)c2c[nH]c3c2C(=O)CCCC3)cc1. The van der Waals surface area contributed by atoms with Crippen LogP contribution in [0.2, 0.25) is 0 Å². The molecule has 0 saturated carbocycles. The monoisotopic (exact) mass is 411 g/mol. The lowest BCUT2D eigenvalue weighted by molar-refractivity contribution is 0.0965. The van der Waals surface area contributed by atoms with Crippen LogP contribution < -0.4 is 15.4 Å². The number of Topliss-reactive ketones (excluding diaryl/α,β-unsaturated/α-hetero) is 1. The third kappa shape index (κ3) is 6.20. The summed E-state index contributed by atoms with van der Waals surface area (Å²) in [4.78, 5) is 28.2. The second-order valence-corrected chi connectivity index (χ2v) is 9.10. The number of carbonyl (C=O) groups is 2. The lowest BCUT2D eigenvalue weighted by Gasteiger charge is -2.18. The summed E-state index contributed by atoms with van der Waals surface area (Å²) in [5.41, 5.74) is 2.83. The quantitative estimate of drug-likeness (QED) is 0.439. The van der Waals surface area contributed by atoms with Crippen LogP contribution in [0, 0.1) is 5.41 Å². The van der Waals surface area contributed by atoms with Gasteiger partial charge in [0, 0.05) is 24.0 Å². The molecular weight excluding hydrogens is 378 g/mol. The van der Waals surface area contributed by atoms with E-state index in [1.807, 2.05) is 24.3 Å². The van der Waals surface area contributed by atoms with E-state index in [1.165, 1.54) is 0 Å². The topological polar surface area (TPSA) is 83.2 Å². The van der Waals surface area contributed by atoms with E-state index in [0.29, 0.717) is 29.8 Å². The molecule has 0 unspecified atom stereocenters. The second-order valence-electron chi connectivity index (χ2n) is 9.10. The molecule has 3 rings (SSSR count). The van der Waals surface area contributed by atoms with Gasteiger partial charge in [0.15, 0.2) is 5.78 Å². The lowest BCUT2D eigenvalue weighted by Crippen LogP contribution is -2.28. The van der Waals surface area contributed by atoms with Crippen molar-refractivity contribution >= 4 is 17.4 Å². The number of anilines is 1. The molecule has 1 heterocycles. The van der Waals surface area contributed by atoms with Gasteiger partial charge >= 0.3 is 0 Å². The Labute approximate surface area is 178 Å². The molecule has 1 aromatic carbocycles. The van der Waals surface area contributed by atoms with Crippen molar-refractivity contribution < 1.29 is 14.3 Å². The van der Waals surface area contributed by atoms with Gasteiger partial charge < -0.3 is 20.4 Å². The predicted molar refractivity (Wildman–Crippen MR) is 120 cm³/mol. The number of aromatic nitrogens is 1. The minimum absolute atomic E-state index is 0.0506. The van der Waals surface area contributed by atoms with Gasteiger partial charge in [-0.05, 0) is 68.5 Å². The molecule has 1 amide bonds. The first-order valence-corrected chi connectivity index (χ1v) is 10.8. The first-order valence-electron chi connectivity index (χ1n) is 10.8. The lowest BCUT2D eigenvalue weighted by atomic mass is 9.97. The van der Waals surface area contributed by atoms with Crippen molar-refractivity contribution in [2.75, 3.05) is 25.0 Å². The van der Waals surface area contributed by atoms with Gasteiger partial charge in [0.25, 0.3) is 5.91 Å². The van der Waals surface area contributed by atoms with E-state index in [1.54, 1.807) is 6.20 Å². The van der Waals surface area contributed by atoms with Crippen LogP contribution in [0.25, 0.3) is 0 Å². The maximum atomic E-state index is 12.7. The van der Waals surface area contributed by atoms with Gasteiger partial charge in [-0.25, -0.2) is 0 Å². The highest BCUT2D eigenvalue weighted by atomic mass is 16.5. The highest BCUT2D eigenvalue weighted by Gasteiger charge is 2.24. The zero-order chi connectivity index (χ0) is 21.6. The average Bonchev–Trinajstić information content (AvgIpc) is 3.04. The van der Waals surface area contributed by atoms with E-state index in [-0.39, 0.29) is 17.1 Å². The molecule has 0 fully saturated rings. The van der Waals surface area contributed by atoms with Crippen LogP contribution >= 0.6 is 0 Å². The fraction of sp³-hybridized carbons (Fsp3) is 0.500. The molecule has 3 N–H and O–H groups in total. The van der Waals surface area contributed by atoms with Crippen LogP contribution in [-0.2, 0) is 6.42 Å². The molecule has 162 valence electrons. The van der Waals surface area contributed by atoms with E-state index in [0.717, 1.165) is 50.2 Å². The van der Waals surface area contributed by atoms with Crippen molar-refractivity contribution in [1.82, 2.24) is 10.3 Å². The normalized spacial score (nSPS) is 14.2. The van der Waals surface area contributed by atoms with Gasteiger partial charge in [0.05, 0.1) is 17.7 Å². The third-order valence-electron chi connectivity index (χ3n) is 5.10. The third-order valence-corrected chi connectivity index (χ3v) is 5.10. The Morgan fingerprint density at radius 1 is 1.13 bits per heavy atom. The summed E-state index contributed by atoms with van der Waals surface area (Å²) in [5.74, 6) is 0.561. The van der Waals surface area contributed by atoms with Gasteiger partial charge in [-0.15, -0.1) is 0 Å². The summed E-state index contributed by atoms with van der Waals surface area (Å²) in [5, 5.41) is 6.31. The zero-order valence-corrected chi connectivity index (χ0v) is 18.3. The number of carbonyl (C=O) groups excluding carboxylic acids is 2. The molecule has 0 radical (unpaired) electrons. The number of hydrogen-bond acceptors (Lipinski definition) is 4. The number of ether oxygens (including phenoxy) is 1. The van der Waals surface area contributed by atoms with E-state index in [4.69, 9.17) is 4.74 Å². The Hall–Kier alpha value is -2.60. The van der Waals surface area contributed by atoms with E-state index >= 15 is 0 Å². The van der Waals surface area contributed by atoms with Crippen LogP contribution in [-0.4, -0.2) is 36.4 Å². The molecule has 2 aromatic rings. The van der Waals surface area contributed by atoms with Crippen molar-refractivity contribution in [3.8, 4) is 5.75 Å². The van der Waals surface area contributed by atoms with Gasteiger partial charge in [-0.3, -0.25) is 9.59 Å². The first kappa shape index (κ1) is 22.1. The number of ketones is 1. The minimum atomic E-state index is -0.263. The number of aromatic amines is 1. The molecule has 0 aliphatic heterocycles. The molecule has 0 saturated heterocycles. The molecule has 1 aliphatic carbocycles. The highest BCUT2D eigenvalue weighted by molar-refractivity contribution is 6.13. The maximum absolute atomic E-state index is 12.7. The van der Waals surface area contributed by atoms with Gasteiger partial charge in [-0.2, -0.15) is 0 Å². The van der Waals surface area contributed by atoms with Crippen LogP contribution in [0.4, 0.5) is 5.69 Å². The average molecular weight is 412 g/mol. The van der Waals surface area contributed by atoms with Crippen molar-refractivity contribution in [2.24, 2.45) is 5.41 Å². The summed E-state index contributed by atoms with van der Waals surface area (Å²) >= 11 is 0. The van der Waals surface area contributed by atoms with E-state index in [2.05, 4.69) is 36.4 Å². The van der Waals surface area contributed by atoms with Crippen LogP contribution in [0.5, 0.6) is 5.75 Å². The summed E-state index contributed by atoms with van der Waals surface area (Å²) in [7, 11) is 0. The largest absolute Gasteiger partial charge is 0.494 e. The van der Waals surface area contributed by atoms with E-state index < -0.39 is 0 Å². The number of H-pyrrole nitrogens is 1. The summed E-state index contributed by atoms with van der Waals surface area (Å²) < 4.78 is 5.77. The van der Waals surface area contributed by atoms with Crippen molar-refractivity contribution in [3.05, 3.63) is 47.3 Å². The predicted octanol–water partition coefficient (Wildman–Crippen LogP) is 4.58. The molecule has 0 atom stereocenters. The number of benzene rings is 1. The Morgan fingerprint density at radius 3 is 2.60 bits per heavy atom. The Morgan fingerprint density at radius 2 is 1.87 bits per heavy atom. The number of amides is 1. The highest BCUT2D eigenvalue weighted by Crippen LogP contribution is 2.24. The van der Waals surface area contributed by atoms with Gasteiger partial charge in [0.1, 0.15) is 5.75 Å². The Balaban J connectivity index is 1.48. The van der Waals surface area contributed by atoms with Gasteiger partial charge in [0.2, 0.25) is 0 Å². The molecule has 1 aromatic heterocycles. The summed E-state index contributed by atoms with van der Waals surface area (Å²) in [6.07, 6.45) is 5.73. The smallest absolute Gasteiger partial charge is 0.257 e. The number of fused-ring (bicyclic) bond motifs is 1. The fourth-order valence-corrected chi connectivity index (χ4v) is 3.56. The first-order chi connectivity index (χ1) is 14.3. The molecule has 6 nitrogen and oxygen atoms in total. The minimum Gasteiger partial charge on any atom is -0.494 e. The molecule has 0 spiro atoms. The Kier molecular flexibility index (Phi) is 7.32. The van der Waals surface area contributed by atoms with Crippen LogP contribution in [0.3, 0.4) is 0 Å². The van der Waals surface area contributed by atoms with Crippen molar-refractivity contribution in [2.45, 2.75) is 52.9 Å². The fourth-order valence-electron chi connectivity index (χ4n) is 3.56. The second kappa shape index (κ2) is 9.94. The number of rotatable bonds is 8. The maximum Gasteiger partial charge on any atom is 0.257 e. The summed E-state index contributed by atoms with van der Waals surface area (Å²) in [6.45, 7) is 9.17. The Bertz CT molecular complexity index is 863. The number of hydrogen-bond donors (Lipinski definition) is 3. The van der Waals surface area contributed by atoms with Crippen LogP contribution in [0.15, 0.2) is 30.5 Å². The van der Waals surface area contributed by atoms with Crippen molar-refractivity contribution in [3.63, 3.8) is 0 Å². The molecule has 30 heavy (non-hydrogen) atoms. The van der Waals surface area contributed by atoms with Gasteiger partial charge in [-0.1, -0.05) is 20.8 Å².